The Balaban J connectivity index is 1.45. The van der Waals surface area contributed by atoms with E-state index in [4.69, 9.17) is 14.7 Å². The van der Waals surface area contributed by atoms with Crippen molar-refractivity contribution in [1.82, 2.24) is 19.9 Å². The van der Waals surface area contributed by atoms with Crippen molar-refractivity contribution in [3.05, 3.63) is 71.6 Å². The molecule has 1 aromatic carbocycles. The fourth-order valence-electron chi connectivity index (χ4n) is 4.09. The van der Waals surface area contributed by atoms with Gasteiger partial charge in [-0.05, 0) is 17.2 Å². The van der Waals surface area contributed by atoms with Gasteiger partial charge in [-0.15, -0.1) is 11.3 Å². The van der Waals surface area contributed by atoms with E-state index < -0.39 is 0 Å². The highest BCUT2D eigenvalue weighted by Crippen LogP contribution is 2.38. The molecule has 1 saturated heterocycles. The zero-order valence-corrected chi connectivity index (χ0v) is 18.4. The van der Waals surface area contributed by atoms with E-state index in [1.54, 1.807) is 18.4 Å². The Bertz CT molecular complexity index is 1140. The van der Waals surface area contributed by atoms with Crippen LogP contribution in [0.4, 0.5) is 5.82 Å². The van der Waals surface area contributed by atoms with Crippen LogP contribution in [-0.4, -0.2) is 53.1 Å². The van der Waals surface area contributed by atoms with Gasteiger partial charge in [-0.25, -0.2) is 9.97 Å². The van der Waals surface area contributed by atoms with E-state index in [-0.39, 0.29) is 0 Å². The first-order valence-electron chi connectivity index (χ1n) is 10.5. The third kappa shape index (κ3) is 4.30. The number of rotatable bonds is 6. The lowest BCUT2D eigenvalue weighted by Gasteiger charge is -2.35. The molecule has 4 aromatic rings. The minimum atomic E-state index is 0.419. The molecular weight excluding hydrogens is 406 g/mol. The summed E-state index contributed by atoms with van der Waals surface area (Å²) in [5, 5.41) is 3.35. The second kappa shape index (κ2) is 9.09. The normalized spacial score (nSPS) is 14.9. The molecule has 0 amide bonds. The van der Waals surface area contributed by atoms with E-state index >= 15 is 0 Å². The second-order valence-electron chi connectivity index (χ2n) is 7.72. The molecule has 0 atom stereocenters. The van der Waals surface area contributed by atoms with Crippen LogP contribution in [0, 0.1) is 0 Å². The number of piperazine rings is 1. The largest absolute Gasteiger partial charge is 0.377 e. The number of fused-ring (bicyclic) bond motifs is 1. The molecule has 6 nitrogen and oxygen atoms in total. The van der Waals surface area contributed by atoms with Gasteiger partial charge in [0.05, 0.1) is 5.39 Å². The topological polar surface area (TPSA) is 54.4 Å². The number of hydrogen-bond donors (Lipinski definition) is 0. The Hall–Kier alpha value is -2.87. The van der Waals surface area contributed by atoms with Crippen LogP contribution in [0.3, 0.4) is 0 Å². The summed E-state index contributed by atoms with van der Waals surface area (Å²) in [5.41, 5.74) is 3.66. The van der Waals surface area contributed by atoms with Gasteiger partial charge in [-0.3, -0.25) is 9.88 Å². The zero-order chi connectivity index (χ0) is 21.0. The monoisotopic (exact) mass is 431 g/mol. The van der Waals surface area contributed by atoms with Crippen molar-refractivity contribution in [1.29, 1.82) is 0 Å². The predicted octanol–water partition coefficient (Wildman–Crippen LogP) is 4.22. The molecule has 7 heteroatoms. The van der Waals surface area contributed by atoms with Crippen molar-refractivity contribution in [2.24, 2.45) is 0 Å². The summed E-state index contributed by atoms with van der Waals surface area (Å²) < 4.78 is 5.34. The number of ether oxygens (including phenoxy) is 1. The number of hydrogen-bond acceptors (Lipinski definition) is 7. The van der Waals surface area contributed by atoms with Crippen LogP contribution in [0.25, 0.3) is 21.3 Å². The van der Waals surface area contributed by atoms with Crippen molar-refractivity contribution in [3.8, 4) is 11.1 Å². The van der Waals surface area contributed by atoms with E-state index in [1.807, 2.05) is 24.5 Å². The van der Waals surface area contributed by atoms with Gasteiger partial charge in [0.15, 0.2) is 5.82 Å². The van der Waals surface area contributed by atoms with Crippen LogP contribution in [0.2, 0.25) is 0 Å². The van der Waals surface area contributed by atoms with Crippen LogP contribution in [0.5, 0.6) is 0 Å². The van der Waals surface area contributed by atoms with E-state index in [0.717, 1.165) is 54.6 Å². The van der Waals surface area contributed by atoms with Gasteiger partial charge >= 0.3 is 0 Å². The fraction of sp³-hybridized carbons (Fsp3) is 0.292. The molecule has 1 aliphatic rings. The summed E-state index contributed by atoms with van der Waals surface area (Å²) in [7, 11) is 1.69. The maximum Gasteiger partial charge on any atom is 0.158 e. The molecule has 0 N–H and O–H groups in total. The first-order valence-corrected chi connectivity index (χ1v) is 11.4. The molecule has 3 aromatic heterocycles. The summed E-state index contributed by atoms with van der Waals surface area (Å²) in [6, 6.07) is 14.7. The molecule has 1 aliphatic heterocycles. The van der Waals surface area contributed by atoms with Gasteiger partial charge < -0.3 is 9.64 Å². The second-order valence-corrected chi connectivity index (χ2v) is 8.57. The molecule has 4 heterocycles. The molecule has 0 aliphatic carbocycles. The van der Waals surface area contributed by atoms with E-state index in [1.165, 1.54) is 16.7 Å². The van der Waals surface area contributed by atoms with Crippen molar-refractivity contribution < 1.29 is 4.74 Å². The van der Waals surface area contributed by atoms with Gasteiger partial charge in [0.25, 0.3) is 0 Å². The zero-order valence-electron chi connectivity index (χ0n) is 17.6. The van der Waals surface area contributed by atoms with Gasteiger partial charge in [-0.1, -0.05) is 36.4 Å². The van der Waals surface area contributed by atoms with Crippen LogP contribution < -0.4 is 4.90 Å². The summed E-state index contributed by atoms with van der Waals surface area (Å²) in [6.45, 7) is 5.20. The van der Waals surface area contributed by atoms with E-state index in [0.29, 0.717) is 6.61 Å². The van der Waals surface area contributed by atoms with Gasteiger partial charge in [0.2, 0.25) is 0 Å². The van der Waals surface area contributed by atoms with E-state index in [9.17, 15) is 0 Å². The Morgan fingerprint density at radius 2 is 1.84 bits per heavy atom. The Kier molecular flexibility index (Phi) is 5.88. The lowest BCUT2D eigenvalue weighted by Crippen LogP contribution is -2.46. The summed E-state index contributed by atoms with van der Waals surface area (Å²) in [6.07, 6.45) is 3.78. The summed E-state index contributed by atoms with van der Waals surface area (Å²) >= 11 is 1.68. The summed E-state index contributed by atoms with van der Waals surface area (Å²) in [4.78, 5) is 19.9. The maximum absolute atomic E-state index is 5.34. The number of pyridine rings is 1. The molecule has 0 spiro atoms. The minimum absolute atomic E-state index is 0.419. The van der Waals surface area contributed by atoms with E-state index in [2.05, 4.69) is 50.5 Å². The van der Waals surface area contributed by atoms with Crippen LogP contribution in [-0.2, 0) is 17.9 Å². The van der Waals surface area contributed by atoms with Gasteiger partial charge in [0.1, 0.15) is 17.3 Å². The van der Waals surface area contributed by atoms with Crippen molar-refractivity contribution >= 4 is 27.4 Å². The highest BCUT2D eigenvalue weighted by atomic mass is 32.1. The predicted molar refractivity (Wildman–Crippen MR) is 125 cm³/mol. The van der Waals surface area contributed by atoms with Crippen LogP contribution >= 0.6 is 11.3 Å². The SMILES string of the molecule is COCc1nc(N2CCN(Cc3cccnc3)CC2)c2c(-c3ccccc3)csc2n1. The first kappa shape index (κ1) is 20.1. The molecule has 31 heavy (non-hydrogen) atoms. The smallest absolute Gasteiger partial charge is 0.158 e. The quantitative estimate of drug-likeness (QED) is 0.456. The number of benzene rings is 1. The third-order valence-corrected chi connectivity index (χ3v) is 6.49. The standard InChI is InChI=1S/C24H25N5OS/c1-30-16-21-26-23(22-20(17-31-24(22)27-21)19-7-3-2-4-8-19)29-12-10-28(11-13-29)15-18-6-5-9-25-14-18/h2-9,14,17H,10-13,15-16H2,1H3. The number of anilines is 1. The van der Waals surface area contributed by atoms with Crippen molar-refractivity contribution in [2.75, 3.05) is 38.2 Å². The number of aromatic nitrogens is 3. The number of nitrogens with zero attached hydrogens (tertiary/aromatic N) is 5. The summed E-state index contributed by atoms with van der Waals surface area (Å²) in [5.74, 6) is 1.77. The Morgan fingerprint density at radius 1 is 1.00 bits per heavy atom. The van der Waals surface area contributed by atoms with Crippen LogP contribution in [0.1, 0.15) is 11.4 Å². The lowest BCUT2D eigenvalue weighted by molar-refractivity contribution is 0.178. The molecule has 0 bridgehead atoms. The molecule has 1 fully saturated rings. The molecule has 5 rings (SSSR count). The number of methoxy groups -OCH3 is 1. The molecule has 158 valence electrons. The highest BCUT2D eigenvalue weighted by molar-refractivity contribution is 7.17. The van der Waals surface area contributed by atoms with Crippen molar-refractivity contribution in [3.63, 3.8) is 0 Å². The average molecular weight is 432 g/mol. The first-order chi connectivity index (χ1) is 15.3. The van der Waals surface area contributed by atoms with Crippen molar-refractivity contribution in [2.45, 2.75) is 13.2 Å². The Morgan fingerprint density at radius 3 is 2.58 bits per heavy atom. The van der Waals surface area contributed by atoms with Crippen LogP contribution in [0.15, 0.2) is 60.2 Å². The highest BCUT2D eigenvalue weighted by Gasteiger charge is 2.23. The molecule has 0 saturated carbocycles. The lowest BCUT2D eigenvalue weighted by atomic mass is 10.1. The average Bonchev–Trinajstić information content (AvgIpc) is 3.25. The van der Waals surface area contributed by atoms with Gasteiger partial charge in [-0.2, -0.15) is 0 Å². The third-order valence-electron chi connectivity index (χ3n) is 5.62. The Labute approximate surface area is 186 Å². The number of thiophene rings is 1. The fourth-order valence-corrected chi connectivity index (χ4v) is 5.05. The molecule has 0 radical (unpaired) electrons. The van der Waals surface area contributed by atoms with Gasteiger partial charge in [0, 0.05) is 63.2 Å². The molecular formula is C24H25N5OS. The molecule has 0 unspecified atom stereocenters. The minimum Gasteiger partial charge on any atom is -0.377 e. The maximum atomic E-state index is 5.34.